The molecule has 0 aliphatic carbocycles. The molecule has 0 heterocycles. The van der Waals surface area contributed by atoms with Crippen LogP contribution in [0.4, 0.5) is 0 Å². The van der Waals surface area contributed by atoms with Crippen molar-refractivity contribution in [3.05, 3.63) is 57.2 Å². The predicted octanol–water partition coefficient (Wildman–Crippen LogP) is 3.98. The molecule has 0 radical (unpaired) electrons. The fourth-order valence-electron chi connectivity index (χ4n) is 2.80. The summed E-state index contributed by atoms with van der Waals surface area (Å²) in [5.74, 6) is 1.58. The number of aliphatic hydroxyl groups is 2. The van der Waals surface area contributed by atoms with Gasteiger partial charge in [-0.25, -0.2) is 0 Å². The highest BCUT2D eigenvalue weighted by Gasteiger charge is 2.24. The molecule has 7 heteroatoms. The second kappa shape index (κ2) is 11.4. The third-order valence-corrected chi connectivity index (χ3v) is 5.84. The minimum absolute atomic E-state index is 0.146. The SMILES string of the molecule is COC[C@@H](O)COc1ccc(C(C)(C)c2ccc(OCC(O)CCl)c(I)c2)cc1. The third kappa shape index (κ3) is 7.00. The number of halogens is 2. The van der Waals surface area contributed by atoms with Gasteiger partial charge < -0.3 is 24.4 Å². The maximum Gasteiger partial charge on any atom is 0.132 e. The maximum atomic E-state index is 9.69. The van der Waals surface area contributed by atoms with Crippen LogP contribution in [-0.2, 0) is 10.2 Å². The van der Waals surface area contributed by atoms with E-state index in [-0.39, 0.29) is 31.1 Å². The molecule has 0 saturated heterocycles. The Balaban J connectivity index is 2.08. The van der Waals surface area contributed by atoms with E-state index >= 15 is 0 Å². The zero-order valence-electron chi connectivity index (χ0n) is 16.9. The molecule has 2 rings (SSSR count). The molecule has 2 aromatic carbocycles. The van der Waals surface area contributed by atoms with Gasteiger partial charge >= 0.3 is 0 Å². The standard InChI is InChI=1S/C22H28ClIO5/c1-22(2,15-4-7-19(8-5-15)28-14-18(26)12-27-3)16-6-9-21(20(24)10-16)29-13-17(25)11-23/h4-10,17-18,25-26H,11-14H2,1-3H3/t17?,18-/m1/s1. The van der Waals surface area contributed by atoms with Crippen LogP contribution in [0, 0.1) is 3.57 Å². The van der Waals surface area contributed by atoms with Gasteiger partial charge in [0.05, 0.1) is 16.1 Å². The largest absolute Gasteiger partial charge is 0.491 e. The first kappa shape index (κ1) is 24.2. The fourth-order valence-corrected chi connectivity index (χ4v) is 3.56. The van der Waals surface area contributed by atoms with Crippen LogP contribution in [0.2, 0.25) is 0 Å². The van der Waals surface area contributed by atoms with E-state index < -0.39 is 12.2 Å². The van der Waals surface area contributed by atoms with Crippen LogP contribution in [0.3, 0.4) is 0 Å². The Morgan fingerprint density at radius 1 is 0.931 bits per heavy atom. The van der Waals surface area contributed by atoms with E-state index in [9.17, 15) is 10.2 Å². The maximum absolute atomic E-state index is 9.69. The van der Waals surface area contributed by atoms with E-state index in [4.69, 9.17) is 25.8 Å². The monoisotopic (exact) mass is 534 g/mol. The molecular weight excluding hydrogens is 507 g/mol. The summed E-state index contributed by atoms with van der Waals surface area (Å²) in [6.07, 6.45) is -1.33. The van der Waals surface area contributed by atoms with Gasteiger partial charge in [0.15, 0.2) is 0 Å². The van der Waals surface area contributed by atoms with Crippen molar-refractivity contribution in [2.45, 2.75) is 31.5 Å². The second-order valence-electron chi connectivity index (χ2n) is 7.33. The first-order valence-corrected chi connectivity index (χ1v) is 11.0. The van der Waals surface area contributed by atoms with Gasteiger partial charge in [0.25, 0.3) is 0 Å². The van der Waals surface area contributed by atoms with E-state index in [1.54, 1.807) is 7.11 Å². The Morgan fingerprint density at radius 2 is 1.55 bits per heavy atom. The molecule has 5 nitrogen and oxygen atoms in total. The highest BCUT2D eigenvalue weighted by molar-refractivity contribution is 14.1. The molecule has 0 aromatic heterocycles. The van der Waals surface area contributed by atoms with Crippen molar-refractivity contribution < 1.29 is 24.4 Å². The molecule has 2 aromatic rings. The van der Waals surface area contributed by atoms with Crippen LogP contribution in [0.5, 0.6) is 11.5 Å². The zero-order valence-corrected chi connectivity index (χ0v) is 19.8. The molecule has 29 heavy (non-hydrogen) atoms. The van der Waals surface area contributed by atoms with E-state index in [1.165, 1.54) is 0 Å². The van der Waals surface area contributed by atoms with Crippen molar-refractivity contribution in [1.82, 2.24) is 0 Å². The molecule has 1 unspecified atom stereocenters. The van der Waals surface area contributed by atoms with Gasteiger partial charge in [-0.3, -0.25) is 0 Å². The Morgan fingerprint density at radius 3 is 2.14 bits per heavy atom. The Kier molecular flexibility index (Phi) is 9.49. The van der Waals surface area contributed by atoms with Gasteiger partial charge in [-0.15, -0.1) is 11.6 Å². The van der Waals surface area contributed by atoms with E-state index in [0.29, 0.717) is 5.75 Å². The highest BCUT2D eigenvalue weighted by atomic mass is 127. The number of benzene rings is 2. The van der Waals surface area contributed by atoms with E-state index in [0.717, 1.165) is 20.4 Å². The van der Waals surface area contributed by atoms with Crippen LogP contribution in [-0.4, -0.2) is 55.2 Å². The number of methoxy groups -OCH3 is 1. The van der Waals surface area contributed by atoms with Crippen LogP contribution in [0.1, 0.15) is 25.0 Å². The number of rotatable bonds is 11. The lowest BCUT2D eigenvalue weighted by Gasteiger charge is -2.27. The molecule has 2 N–H and O–H groups in total. The molecule has 0 fully saturated rings. The van der Waals surface area contributed by atoms with Crippen molar-refractivity contribution in [2.24, 2.45) is 0 Å². The van der Waals surface area contributed by atoms with Gasteiger partial charge in [0, 0.05) is 12.5 Å². The third-order valence-electron chi connectivity index (χ3n) is 4.64. The second-order valence-corrected chi connectivity index (χ2v) is 8.80. The Labute approximate surface area is 191 Å². The molecule has 160 valence electrons. The summed E-state index contributed by atoms with van der Waals surface area (Å²) in [5, 5.41) is 19.3. The number of alkyl halides is 1. The van der Waals surface area contributed by atoms with Crippen molar-refractivity contribution in [3.8, 4) is 11.5 Å². The van der Waals surface area contributed by atoms with Crippen LogP contribution < -0.4 is 9.47 Å². The molecule has 0 aliphatic heterocycles. The summed E-state index contributed by atoms with van der Waals surface area (Å²) in [5.41, 5.74) is 2.07. The van der Waals surface area contributed by atoms with Gasteiger partial charge in [0.1, 0.15) is 36.9 Å². The number of hydrogen-bond acceptors (Lipinski definition) is 5. The van der Waals surface area contributed by atoms with Gasteiger partial charge in [-0.2, -0.15) is 0 Å². The molecule has 0 amide bonds. The number of hydrogen-bond donors (Lipinski definition) is 2. The fraction of sp³-hybridized carbons (Fsp3) is 0.455. The molecule has 2 atom stereocenters. The Bertz CT molecular complexity index is 766. The van der Waals surface area contributed by atoms with E-state index in [1.807, 2.05) is 36.4 Å². The van der Waals surface area contributed by atoms with Crippen LogP contribution in [0.15, 0.2) is 42.5 Å². The van der Waals surface area contributed by atoms with Gasteiger partial charge in [-0.05, 0) is 58.0 Å². The average molecular weight is 535 g/mol. The molecular formula is C22H28ClIO5. The van der Waals surface area contributed by atoms with E-state index in [2.05, 4.69) is 42.5 Å². The normalized spacial score (nSPS) is 13.8. The lowest BCUT2D eigenvalue weighted by molar-refractivity contribution is 0.0325. The predicted molar refractivity (Wildman–Crippen MR) is 123 cm³/mol. The smallest absolute Gasteiger partial charge is 0.132 e. The quantitative estimate of drug-likeness (QED) is 0.337. The minimum atomic E-state index is -0.681. The topological polar surface area (TPSA) is 68.2 Å². The lowest BCUT2D eigenvalue weighted by atomic mass is 9.78. The first-order valence-electron chi connectivity index (χ1n) is 9.35. The minimum Gasteiger partial charge on any atom is -0.491 e. The first-order chi connectivity index (χ1) is 13.8. The summed E-state index contributed by atoms with van der Waals surface area (Å²) >= 11 is 7.85. The summed E-state index contributed by atoms with van der Waals surface area (Å²) in [4.78, 5) is 0. The summed E-state index contributed by atoms with van der Waals surface area (Å²) < 4.78 is 17.1. The Hall–Kier alpha value is -1.06. The summed E-state index contributed by atoms with van der Waals surface area (Å²) in [6.45, 7) is 4.93. The lowest BCUT2D eigenvalue weighted by Crippen LogP contribution is -2.23. The van der Waals surface area contributed by atoms with Crippen molar-refractivity contribution in [2.75, 3.05) is 32.8 Å². The summed E-state index contributed by atoms with van der Waals surface area (Å²) in [6, 6.07) is 13.9. The molecule has 0 bridgehead atoms. The molecule has 0 aliphatic rings. The number of aliphatic hydroxyl groups excluding tert-OH is 2. The molecule has 0 spiro atoms. The summed E-state index contributed by atoms with van der Waals surface area (Å²) in [7, 11) is 1.54. The van der Waals surface area contributed by atoms with Crippen LogP contribution in [0.25, 0.3) is 0 Å². The van der Waals surface area contributed by atoms with Crippen LogP contribution >= 0.6 is 34.2 Å². The van der Waals surface area contributed by atoms with Crippen molar-refractivity contribution >= 4 is 34.2 Å². The van der Waals surface area contributed by atoms with Crippen molar-refractivity contribution in [1.29, 1.82) is 0 Å². The van der Waals surface area contributed by atoms with Crippen molar-refractivity contribution in [3.63, 3.8) is 0 Å². The average Bonchev–Trinajstić information content (AvgIpc) is 2.71. The van der Waals surface area contributed by atoms with Gasteiger partial charge in [-0.1, -0.05) is 32.0 Å². The van der Waals surface area contributed by atoms with Gasteiger partial charge in [0.2, 0.25) is 0 Å². The molecule has 0 saturated carbocycles. The highest BCUT2D eigenvalue weighted by Crippen LogP contribution is 2.35. The zero-order chi connectivity index (χ0) is 21.4. The number of ether oxygens (including phenoxy) is 3.